The van der Waals surface area contributed by atoms with Gasteiger partial charge in [-0.25, -0.2) is 13.1 Å². The molecule has 0 fully saturated rings. The van der Waals surface area contributed by atoms with Crippen LogP contribution in [0.5, 0.6) is 0 Å². The molecule has 3 N–H and O–H groups in total. The zero-order chi connectivity index (χ0) is 14.7. The molecule has 0 saturated carbocycles. The predicted molar refractivity (Wildman–Crippen MR) is 68.8 cm³/mol. The molecule has 6 nitrogen and oxygen atoms in total. The summed E-state index contributed by atoms with van der Waals surface area (Å²) in [4.78, 5) is -0.0166. The van der Waals surface area contributed by atoms with E-state index in [1.165, 1.54) is 25.1 Å². The first kappa shape index (κ1) is 15.6. The Bertz CT molecular complexity index is 601. The molecule has 0 heterocycles. The Labute approximate surface area is 112 Å². The van der Waals surface area contributed by atoms with Crippen LogP contribution in [-0.4, -0.2) is 37.4 Å². The Balaban J connectivity index is 3.15. The van der Waals surface area contributed by atoms with Crippen molar-refractivity contribution in [1.29, 1.82) is 5.26 Å². The number of nitriles is 1. The van der Waals surface area contributed by atoms with Gasteiger partial charge >= 0.3 is 0 Å². The van der Waals surface area contributed by atoms with E-state index in [2.05, 4.69) is 4.72 Å². The minimum absolute atomic E-state index is 0.0166. The van der Waals surface area contributed by atoms with E-state index < -0.39 is 28.8 Å². The average Bonchev–Trinajstić information content (AvgIpc) is 2.38. The molecule has 0 aliphatic carbocycles. The van der Waals surface area contributed by atoms with Gasteiger partial charge in [0.25, 0.3) is 0 Å². The lowest BCUT2D eigenvalue weighted by Gasteiger charge is -2.25. The molecule has 1 aromatic carbocycles. The molecule has 0 aliphatic heterocycles. The second-order valence-electron chi connectivity index (χ2n) is 4.57. The van der Waals surface area contributed by atoms with Crippen LogP contribution in [0.2, 0.25) is 0 Å². The van der Waals surface area contributed by atoms with Crippen molar-refractivity contribution in [3.63, 3.8) is 0 Å². The number of aliphatic hydroxyl groups is 2. The molecule has 1 aromatic rings. The average molecular weight is 284 g/mol. The molecule has 0 atom stereocenters. The lowest BCUT2D eigenvalue weighted by molar-refractivity contribution is 0.122. The minimum Gasteiger partial charge on any atom is -0.394 e. The summed E-state index contributed by atoms with van der Waals surface area (Å²) in [5.41, 5.74) is -0.396. The van der Waals surface area contributed by atoms with Gasteiger partial charge in [0.2, 0.25) is 10.0 Å². The van der Waals surface area contributed by atoms with Gasteiger partial charge in [-0.1, -0.05) is 0 Å². The van der Waals surface area contributed by atoms with Crippen molar-refractivity contribution < 1.29 is 18.6 Å². The SMILES string of the molecule is Cc1cc(S(=O)(=O)NC(C)(CO)CO)ccc1C#N. The molecule has 0 aliphatic rings. The van der Waals surface area contributed by atoms with Crippen LogP contribution in [-0.2, 0) is 10.0 Å². The minimum atomic E-state index is -3.87. The van der Waals surface area contributed by atoms with E-state index in [1.807, 2.05) is 6.07 Å². The fraction of sp³-hybridized carbons (Fsp3) is 0.417. The van der Waals surface area contributed by atoms with E-state index in [0.29, 0.717) is 11.1 Å². The van der Waals surface area contributed by atoms with E-state index in [0.717, 1.165) is 0 Å². The number of hydrogen-bond acceptors (Lipinski definition) is 5. The molecule has 0 radical (unpaired) electrons. The summed E-state index contributed by atoms with van der Waals surface area (Å²) in [6.45, 7) is 1.96. The number of aliphatic hydroxyl groups excluding tert-OH is 2. The summed E-state index contributed by atoms with van der Waals surface area (Å²) < 4.78 is 26.4. The Morgan fingerprint density at radius 3 is 2.37 bits per heavy atom. The predicted octanol–water partition coefficient (Wildman–Crippen LogP) is -0.112. The molecule has 0 unspecified atom stereocenters. The molecular formula is C12H16N2O4S. The molecule has 0 amide bonds. The lowest BCUT2D eigenvalue weighted by atomic mass is 10.1. The van der Waals surface area contributed by atoms with Gasteiger partial charge in [0.05, 0.1) is 35.3 Å². The maximum atomic E-state index is 12.1. The molecule has 7 heteroatoms. The second kappa shape index (κ2) is 5.67. The van der Waals surface area contributed by atoms with Crippen molar-refractivity contribution in [2.75, 3.05) is 13.2 Å². The number of aryl methyl sites for hydroxylation is 1. The number of nitrogens with zero attached hydrogens (tertiary/aromatic N) is 1. The molecule has 0 spiro atoms. The molecule has 0 saturated heterocycles. The fourth-order valence-corrected chi connectivity index (χ4v) is 2.90. The second-order valence-corrected chi connectivity index (χ2v) is 6.25. The summed E-state index contributed by atoms with van der Waals surface area (Å²) in [5, 5.41) is 27.0. The third-order valence-electron chi connectivity index (χ3n) is 2.71. The van der Waals surface area contributed by atoms with E-state index in [9.17, 15) is 8.42 Å². The lowest BCUT2D eigenvalue weighted by Crippen LogP contribution is -2.51. The van der Waals surface area contributed by atoms with Crippen LogP contribution in [0.3, 0.4) is 0 Å². The van der Waals surface area contributed by atoms with Crippen LogP contribution in [0.15, 0.2) is 23.1 Å². The van der Waals surface area contributed by atoms with Crippen molar-refractivity contribution >= 4 is 10.0 Å². The molecule has 19 heavy (non-hydrogen) atoms. The van der Waals surface area contributed by atoms with Gasteiger partial charge in [0.1, 0.15) is 0 Å². The number of benzene rings is 1. The van der Waals surface area contributed by atoms with Crippen LogP contribution in [0.1, 0.15) is 18.1 Å². The van der Waals surface area contributed by atoms with Crippen molar-refractivity contribution in [3.8, 4) is 6.07 Å². The van der Waals surface area contributed by atoms with E-state index in [-0.39, 0.29) is 4.90 Å². The van der Waals surface area contributed by atoms with Crippen LogP contribution in [0, 0.1) is 18.3 Å². The molecule has 104 valence electrons. The Hall–Kier alpha value is -1.46. The number of rotatable bonds is 5. The van der Waals surface area contributed by atoms with E-state index in [1.54, 1.807) is 6.92 Å². The monoisotopic (exact) mass is 284 g/mol. The van der Waals surface area contributed by atoms with Crippen LogP contribution >= 0.6 is 0 Å². The summed E-state index contributed by atoms with van der Waals surface area (Å²) in [7, 11) is -3.87. The number of sulfonamides is 1. The zero-order valence-electron chi connectivity index (χ0n) is 10.7. The third kappa shape index (κ3) is 3.52. The summed E-state index contributed by atoms with van der Waals surface area (Å²) >= 11 is 0. The normalized spacial score (nSPS) is 12.2. The summed E-state index contributed by atoms with van der Waals surface area (Å²) in [6.07, 6.45) is 0. The molecule has 0 bridgehead atoms. The highest BCUT2D eigenvalue weighted by molar-refractivity contribution is 7.89. The van der Waals surface area contributed by atoms with E-state index >= 15 is 0 Å². The van der Waals surface area contributed by atoms with Crippen LogP contribution in [0.4, 0.5) is 0 Å². The summed E-state index contributed by atoms with van der Waals surface area (Å²) in [5.74, 6) is 0. The first-order valence-corrected chi connectivity index (χ1v) is 7.03. The van der Waals surface area contributed by atoms with Crippen LogP contribution in [0.25, 0.3) is 0 Å². The smallest absolute Gasteiger partial charge is 0.241 e. The van der Waals surface area contributed by atoms with Gasteiger partial charge in [0, 0.05) is 0 Å². The molecular weight excluding hydrogens is 268 g/mol. The van der Waals surface area contributed by atoms with Gasteiger partial charge in [0.15, 0.2) is 0 Å². The topological polar surface area (TPSA) is 110 Å². The van der Waals surface area contributed by atoms with Crippen LogP contribution < -0.4 is 4.72 Å². The fourth-order valence-electron chi connectivity index (χ4n) is 1.43. The van der Waals surface area contributed by atoms with Gasteiger partial charge in [-0.3, -0.25) is 0 Å². The number of nitrogens with one attached hydrogen (secondary N) is 1. The highest BCUT2D eigenvalue weighted by Crippen LogP contribution is 2.17. The van der Waals surface area contributed by atoms with Gasteiger partial charge in [-0.15, -0.1) is 0 Å². The van der Waals surface area contributed by atoms with Crippen molar-refractivity contribution in [2.45, 2.75) is 24.3 Å². The molecule has 0 aromatic heterocycles. The molecule has 1 rings (SSSR count). The largest absolute Gasteiger partial charge is 0.394 e. The Kier molecular flexibility index (Phi) is 4.66. The first-order chi connectivity index (χ1) is 8.78. The standard InChI is InChI=1S/C12H16N2O4S/c1-9-5-11(4-3-10(9)6-13)19(17,18)14-12(2,7-15)8-16/h3-5,14-16H,7-8H2,1-2H3. The Morgan fingerprint density at radius 1 is 1.37 bits per heavy atom. The van der Waals surface area contributed by atoms with Gasteiger partial charge in [-0.2, -0.15) is 5.26 Å². The van der Waals surface area contributed by atoms with Crippen molar-refractivity contribution in [3.05, 3.63) is 29.3 Å². The summed E-state index contributed by atoms with van der Waals surface area (Å²) in [6, 6.07) is 6.04. The van der Waals surface area contributed by atoms with Crippen molar-refractivity contribution in [1.82, 2.24) is 4.72 Å². The highest BCUT2D eigenvalue weighted by atomic mass is 32.2. The highest BCUT2D eigenvalue weighted by Gasteiger charge is 2.29. The quantitative estimate of drug-likeness (QED) is 0.698. The maximum absolute atomic E-state index is 12.1. The van der Waals surface area contributed by atoms with E-state index in [4.69, 9.17) is 15.5 Å². The number of hydrogen-bond donors (Lipinski definition) is 3. The van der Waals surface area contributed by atoms with Gasteiger partial charge < -0.3 is 10.2 Å². The van der Waals surface area contributed by atoms with Crippen molar-refractivity contribution in [2.24, 2.45) is 0 Å². The van der Waals surface area contributed by atoms with Gasteiger partial charge in [-0.05, 0) is 37.6 Å². The first-order valence-electron chi connectivity index (χ1n) is 5.54. The Morgan fingerprint density at radius 2 is 1.95 bits per heavy atom. The zero-order valence-corrected chi connectivity index (χ0v) is 11.5. The maximum Gasteiger partial charge on any atom is 0.241 e. The third-order valence-corrected chi connectivity index (χ3v) is 4.34.